The summed E-state index contributed by atoms with van der Waals surface area (Å²) in [6, 6.07) is 16.9. The maximum Gasteiger partial charge on any atom is 0.180 e. The lowest BCUT2D eigenvalue weighted by Gasteiger charge is -2.50. The Labute approximate surface area is 154 Å². The van der Waals surface area contributed by atoms with Crippen LogP contribution >= 0.6 is 0 Å². The molecule has 1 atom stereocenters. The molecule has 1 spiro atoms. The molecule has 4 heteroatoms. The van der Waals surface area contributed by atoms with Gasteiger partial charge >= 0.3 is 0 Å². The Morgan fingerprint density at radius 1 is 1.04 bits per heavy atom. The molecule has 2 aliphatic heterocycles. The van der Waals surface area contributed by atoms with Gasteiger partial charge in [-0.25, -0.2) is 0 Å². The number of ether oxygens (including phenoxy) is 2. The SMILES string of the molecule is COc1cccc2c1OC1(CCCCC1)N1NC(c3ccccc3)=C[C@H]21. The normalized spacial score (nSPS) is 23.4. The van der Waals surface area contributed by atoms with Crippen LogP contribution in [0.25, 0.3) is 5.70 Å². The molecule has 1 N–H and O–H groups in total. The maximum atomic E-state index is 6.69. The van der Waals surface area contributed by atoms with Gasteiger partial charge in [0, 0.05) is 18.4 Å². The summed E-state index contributed by atoms with van der Waals surface area (Å²) in [7, 11) is 1.72. The summed E-state index contributed by atoms with van der Waals surface area (Å²) in [6.45, 7) is 0. The van der Waals surface area contributed by atoms with Crippen LogP contribution < -0.4 is 14.9 Å². The molecule has 1 saturated carbocycles. The van der Waals surface area contributed by atoms with Crippen LogP contribution in [0, 0.1) is 0 Å². The van der Waals surface area contributed by atoms with Crippen molar-refractivity contribution < 1.29 is 9.47 Å². The predicted molar refractivity (Wildman–Crippen MR) is 102 cm³/mol. The topological polar surface area (TPSA) is 33.7 Å². The fourth-order valence-electron chi connectivity index (χ4n) is 4.55. The summed E-state index contributed by atoms with van der Waals surface area (Å²) in [5, 5.41) is 2.34. The second kappa shape index (κ2) is 6.06. The fraction of sp³-hybridized carbons (Fsp3) is 0.364. The van der Waals surface area contributed by atoms with E-state index in [0.29, 0.717) is 0 Å². The van der Waals surface area contributed by atoms with E-state index >= 15 is 0 Å². The van der Waals surface area contributed by atoms with Crippen LogP contribution in [0.3, 0.4) is 0 Å². The van der Waals surface area contributed by atoms with Crippen molar-refractivity contribution >= 4 is 5.70 Å². The number of para-hydroxylation sites is 1. The summed E-state index contributed by atoms with van der Waals surface area (Å²) in [6.07, 6.45) is 8.05. The number of hydrogen-bond acceptors (Lipinski definition) is 4. The highest BCUT2D eigenvalue weighted by Gasteiger charge is 2.51. The third-order valence-electron chi connectivity index (χ3n) is 5.84. The standard InChI is InChI=1S/C22H24N2O2/c1-25-20-12-8-11-17-19-15-18(16-9-4-2-5-10-16)23-24(19)22(26-21(17)20)13-6-3-7-14-22/h2,4-5,8-12,15,19,23H,3,6-7,13-14H2,1H3/t19-/m1/s1. The molecular weight excluding hydrogens is 324 g/mol. The molecule has 0 saturated heterocycles. The number of hydrazine groups is 1. The zero-order valence-electron chi connectivity index (χ0n) is 15.1. The Bertz CT molecular complexity index is 840. The van der Waals surface area contributed by atoms with Crippen molar-refractivity contribution in [2.75, 3.05) is 7.11 Å². The van der Waals surface area contributed by atoms with E-state index in [2.05, 4.69) is 52.9 Å². The van der Waals surface area contributed by atoms with Crippen LogP contribution in [-0.2, 0) is 0 Å². The number of hydrogen-bond donors (Lipinski definition) is 1. The molecule has 2 heterocycles. The molecule has 3 aliphatic rings. The number of nitrogens with zero attached hydrogens (tertiary/aromatic N) is 1. The first kappa shape index (κ1) is 15.8. The highest BCUT2D eigenvalue weighted by atomic mass is 16.5. The van der Waals surface area contributed by atoms with E-state index in [9.17, 15) is 0 Å². The van der Waals surface area contributed by atoms with Crippen LogP contribution in [0.15, 0.2) is 54.6 Å². The molecule has 0 unspecified atom stereocenters. The predicted octanol–water partition coefficient (Wildman–Crippen LogP) is 4.65. The van der Waals surface area contributed by atoms with Gasteiger partial charge < -0.3 is 14.9 Å². The molecule has 0 radical (unpaired) electrons. The van der Waals surface area contributed by atoms with Crippen LogP contribution in [0.1, 0.15) is 49.3 Å². The van der Waals surface area contributed by atoms with Gasteiger partial charge in [-0.15, -0.1) is 0 Å². The van der Waals surface area contributed by atoms with Crippen LogP contribution in [0.5, 0.6) is 11.5 Å². The minimum Gasteiger partial charge on any atom is -0.493 e. The quantitative estimate of drug-likeness (QED) is 0.856. The smallest absolute Gasteiger partial charge is 0.180 e. The fourth-order valence-corrected chi connectivity index (χ4v) is 4.55. The molecule has 0 aromatic heterocycles. The number of benzene rings is 2. The first-order chi connectivity index (χ1) is 12.8. The molecule has 26 heavy (non-hydrogen) atoms. The molecule has 2 aromatic carbocycles. The average Bonchev–Trinajstić information content (AvgIpc) is 3.16. The zero-order valence-corrected chi connectivity index (χ0v) is 15.1. The second-order valence-electron chi connectivity index (χ2n) is 7.36. The van der Waals surface area contributed by atoms with Gasteiger partial charge in [0.1, 0.15) is 0 Å². The third kappa shape index (κ3) is 2.32. The van der Waals surface area contributed by atoms with Gasteiger partial charge in [-0.1, -0.05) is 48.9 Å². The lowest BCUT2D eigenvalue weighted by molar-refractivity contribution is -0.151. The van der Waals surface area contributed by atoms with E-state index in [1.54, 1.807) is 7.11 Å². The monoisotopic (exact) mass is 348 g/mol. The third-order valence-corrected chi connectivity index (χ3v) is 5.84. The van der Waals surface area contributed by atoms with Crippen molar-refractivity contribution in [3.05, 3.63) is 65.7 Å². The second-order valence-corrected chi connectivity index (χ2v) is 7.36. The summed E-state index contributed by atoms with van der Waals surface area (Å²) >= 11 is 0. The number of methoxy groups -OCH3 is 1. The molecule has 2 aromatic rings. The Balaban J connectivity index is 1.63. The van der Waals surface area contributed by atoms with E-state index in [-0.39, 0.29) is 11.8 Å². The summed E-state index contributed by atoms with van der Waals surface area (Å²) < 4.78 is 12.3. The van der Waals surface area contributed by atoms with Crippen LogP contribution in [0.2, 0.25) is 0 Å². The Morgan fingerprint density at radius 3 is 2.62 bits per heavy atom. The minimum atomic E-state index is -0.308. The lowest BCUT2D eigenvalue weighted by Crippen LogP contribution is -2.60. The number of nitrogens with one attached hydrogen (secondary N) is 1. The van der Waals surface area contributed by atoms with Gasteiger partial charge in [-0.2, -0.15) is 5.01 Å². The summed E-state index contributed by atoms with van der Waals surface area (Å²) in [4.78, 5) is 0. The Morgan fingerprint density at radius 2 is 1.85 bits per heavy atom. The molecule has 0 amide bonds. The van der Waals surface area contributed by atoms with E-state index in [4.69, 9.17) is 9.47 Å². The molecule has 4 nitrogen and oxygen atoms in total. The van der Waals surface area contributed by atoms with Crippen molar-refractivity contribution in [3.63, 3.8) is 0 Å². The molecule has 5 rings (SSSR count). The van der Waals surface area contributed by atoms with Gasteiger partial charge in [0.15, 0.2) is 17.2 Å². The van der Waals surface area contributed by atoms with E-state index in [1.165, 1.54) is 30.4 Å². The van der Waals surface area contributed by atoms with Gasteiger partial charge in [0.2, 0.25) is 0 Å². The van der Waals surface area contributed by atoms with Gasteiger partial charge in [-0.05, 0) is 30.5 Å². The molecule has 0 bridgehead atoms. The van der Waals surface area contributed by atoms with Gasteiger partial charge in [0.05, 0.1) is 18.8 Å². The Hall–Kier alpha value is -2.46. The molecule has 1 aliphatic carbocycles. The van der Waals surface area contributed by atoms with Crippen molar-refractivity contribution in [3.8, 4) is 11.5 Å². The highest BCUT2D eigenvalue weighted by molar-refractivity contribution is 5.68. The highest BCUT2D eigenvalue weighted by Crippen LogP contribution is 2.52. The maximum absolute atomic E-state index is 6.69. The summed E-state index contributed by atoms with van der Waals surface area (Å²) in [5.74, 6) is 1.74. The largest absolute Gasteiger partial charge is 0.493 e. The van der Waals surface area contributed by atoms with Crippen molar-refractivity contribution in [1.29, 1.82) is 0 Å². The first-order valence-corrected chi connectivity index (χ1v) is 9.50. The first-order valence-electron chi connectivity index (χ1n) is 9.50. The molecule has 134 valence electrons. The van der Waals surface area contributed by atoms with Gasteiger partial charge in [-0.3, -0.25) is 0 Å². The van der Waals surface area contributed by atoms with Crippen molar-refractivity contribution in [1.82, 2.24) is 10.4 Å². The van der Waals surface area contributed by atoms with Gasteiger partial charge in [0.25, 0.3) is 0 Å². The number of fused-ring (bicyclic) bond motifs is 4. The van der Waals surface area contributed by atoms with Crippen molar-refractivity contribution in [2.24, 2.45) is 0 Å². The lowest BCUT2D eigenvalue weighted by atomic mass is 9.87. The van der Waals surface area contributed by atoms with Crippen LogP contribution in [-0.4, -0.2) is 17.8 Å². The summed E-state index contributed by atoms with van der Waals surface area (Å²) in [5.41, 5.74) is 6.89. The van der Waals surface area contributed by atoms with E-state index in [0.717, 1.165) is 30.0 Å². The zero-order chi connectivity index (χ0) is 17.6. The van der Waals surface area contributed by atoms with Crippen LogP contribution in [0.4, 0.5) is 0 Å². The molecular formula is C22H24N2O2. The molecule has 1 fully saturated rings. The van der Waals surface area contributed by atoms with Crippen molar-refractivity contribution in [2.45, 2.75) is 43.9 Å². The van der Waals surface area contributed by atoms with E-state index in [1.807, 2.05) is 12.1 Å². The average molecular weight is 348 g/mol. The minimum absolute atomic E-state index is 0.155. The Kier molecular flexibility index (Phi) is 3.68. The number of rotatable bonds is 2. The van der Waals surface area contributed by atoms with E-state index < -0.39 is 0 Å².